The highest BCUT2D eigenvalue weighted by atomic mass is 32.2. The van der Waals surface area contributed by atoms with Crippen LogP contribution in [0.15, 0.2) is 57.9 Å². The fraction of sp³-hybridized carbons (Fsp3) is 0.417. The molecule has 2 aliphatic rings. The van der Waals surface area contributed by atoms with Gasteiger partial charge < -0.3 is 14.2 Å². The normalized spacial score (nSPS) is 17.9. The summed E-state index contributed by atoms with van der Waals surface area (Å²) in [6, 6.07) is 15.1. The maximum absolute atomic E-state index is 12.8. The van der Waals surface area contributed by atoms with Crippen LogP contribution in [-0.2, 0) is 21.2 Å². The van der Waals surface area contributed by atoms with Crippen LogP contribution < -0.4 is 4.90 Å². The Morgan fingerprint density at radius 3 is 2.24 bits per heavy atom. The number of morpholine rings is 1. The Kier molecular flexibility index (Phi) is 6.43. The highest BCUT2D eigenvalue weighted by molar-refractivity contribution is 7.89. The zero-order chi connectivity index (χ0) is 22.7. The van der Waals surface area contributed by atoms with Crippen LogP contribution in [0.25, 0.3) is 11.4 Å². The fourth-order valence-corrected chi connectivity index (χ4v) is 5.81. The van der Waals surface area contributed by atoms with Crippen molar-refractivity contribution >= 4 is 15.7 Å². The van der Waals surface area contributed by atoms with E-state index in [1.807, 2.05) is 24.3 Å². The summed E-state index contributed by atoms with van der Waals surface area (Å²) in [6.07, 6.45) is 3.39. The van der Waals surface area contributed by atoms with Crippen molar-refractivity contribution in [2.24, 2.45) is 0 Å². The summed E-state index contributed by atoms with van der Waals surface area (Å²) in [5, 5.41) is 4.12. The van der Waals surface area contributed by atoms with E-state index in [4.69, 9.17) is 9.26 Å². The lowest BCUT2D eigenvalue weighted by Crippen LogP contribution is -2.36. The van der Waals surface area contributed by atoms with E-state index in [0.717, 1.165) is 62.4 Å². The van der Waals surface area contributed by atoms with Crippen LogP contribution in [0.1, 0.15) is 30.7 Å². The summed E-state index contributed by atoms with van der Waals surface area (Å²) in [7, 11) is -3.42. The average Bonchev–Trinajstić information content (AvgIpc) is 3.34. The van der Waals surface area contributed by atoms with E-state index in [1.54, 1.807) is 16.4 Å². The molecule has 0 atom stereocenters. The lowest BCUT2D eigenvalue weighted by molar-refractivity contribution is 0.122. The molecule has 0 N–H and O–H groups in total. The second-order valence-electron chi connectivity index (χ2n) is 8.44. The summed E-state index contributed by atoms with van der Waals surface area (Å²) < 4.78 is 38.1. The summed E-state index contributed by atoms with van der Waals surface area (Å²) >= 11 is 0. The zero-order valence-corrected chi connectivity index (χ0v) is 19.3. The minimum atomic E-state index is -3.42. The summed E-state index contributed by atoms with van der Waals surface area (Å²) in [4.78, 5) is 7.15. The minimum absolute atomic E-state index is 0.333. The molecule has 0 amide bonds. The lowest BCUT2D eigenvalue weighted by atomic mass is 10.1. The first kappa shape index (κ1) is 22.1. The van der Waals surface area contributed by atoms with Gasteiger partial charge in [-0.2, -0.15) is 9.29 Å². The van der Waals surface area contributed by atoms with Gasteiger partial charge in [0.15, 0.2) is 0 Å². The van der Waals surface area contributed by atoms with Gasteiger partial charge in [-0.3, -0.25) is 0 Å². The van der Waals surface area contributed by atoms with Crippen molar-refractivity contribution in [1.29, 1.82) is 0 Å². The highest BCUT2D eigenvalue weighted by Crippen LogP contribution is 2.24. The minimum Gasteiger partial charge on any atom is -0.378 e. The van der Waals surface area contributed by atoms with Crippen molar-refractivity contribution in [3.8, 4) is 11.4 Å². The number of nitrogens with zero attached hydrogens (tertiary/aromatic N) is 4. The number of rotatable bonds is 6. The van der Waals surface area contributed by atoms with E-state index in [9.17, 15) is 8.42 Å². The Bertz CT molecular complexity index is 1160. The third kappa shape index (κ3) is 4.95. The Hall–Kier alpha value is -2.75. The molecule has 2 aromatic carbocycles. The van der Waals surface area contributed by atoms with Crippen molar-refractivity contribution < 1.29 is 17.7 Å². The smallest absolute Gasteiger partial charge is 0.243 e. The number of hydrogen-bond acceptors (Lipinski definition) is 7. The van der Waals surface area contributed by atoms with Gasteiger partial charge in [0.25, 0.3) is 0 Å². The Labute approximate surface area is 194 Å². The molecule has 1 aromatic heterocycles. The topological polar surface area (TPSA) is 88.8 Å². The molecule has 2 saturated heterocycles. The predicted octanol–water partition coefficient (Wildman–Crippen LogP) is 3.34. The third-order valence-corrected chi connectivity index (χ3v) is 8.11. The molecule has 174 valence electrons. The molecular formula is C24H28N4O4S. The molecule has 2 fully saturated rings. The quantitative estimate of drug-likeness (QED) is 0.548. The fourth-order valence-electron chi connectivity index (χ4n) is 4.30. The van der Waals surface area contributed by atoms with Crippen molar-refractivity contribution in [2.75, 3.05) is 44.3 Å². The number of piperidine rings is 1. The van der Waals surface area contributed by atoms with Gasteiger partial charge in [0.1, 0.15) is 0 Å². The number of anilines is 1. The summed E-state index contributed by atoms with van der Waals surface area (Å²) in [6.45, 7) is 4.49. The predicted molar refractivity (Wildman–Crippen MR) is 125 cm³/mol. The van der Waals surface area contributed by atoms with Gasteiger partial charge in [0.2, 0.25) is 21.7 Å². The van der Waals surface area contributed by atoms with Crippen LogP contribution in [0, 0.1) is 0 Å². The van der Waals surface area contributed by atoms with Crippen molar-refractivity contribution in [2.45, 2.75) is 30.6 Å². The molecule has 3 aromatic rings. The largest absolute Gasteiger partial charge is 0.378 e. The van der Waals surface area contributed by atoms with Gasteiger partial charge >= 0.3 is 0 Å². The number of hydrogen-bond donors (Lipinski definition) is 0. The van der Waals surface area contributed by atoms with E-state index < -0.39 is 10.0 Å². The average molecular weight is 469 g/mol. The number of sulfonamides is 1. The van der Waals surface area contributed by atoms with Crippen molar-refractivity contribution in [3.63, 3.8) is 0 Å². The van der Waals surface area contributed by atoms with E-state index in [2.05, 4.69) is 27.2 Å². The summed E-state index contributed by atoms with van der Waals surface area (Å²) in [5.74, 6) is 1.04. The lowest BCUT2D eigenvalue weighted by Gasteiger charge is -2.28. The Balaban J connectivity index is 1.24. The van der Waals surface area contributed by atoms with E-state index >= 15 is 0 Å². The third-order valence-electron chi connectivity index (χ3n) is 6.20. The second kappa shape index (κ2) is 9.62. The van der Waals surface area contributed by atoms with E-state index in [-0.39, 0.29) is 0 Å². The van der Waals surface area contributed by atoms with Gasteiger partial charge in [0, 0.05) is 37.4 Å². The molecule has 0 aliphatic carbocycles. The van der Waals surface area contributed by atoms with Crippen molar-refractivity contribution in [3.05, 3.63) is 60.0 Å². The summed E-state index contributed by atoms with van der Waals surface area (Å²) in [5.41, 5.74) is 2.97. The Morgan fingerprint density at radius 2 is 1.55 bits per heavy atom. The van der Waals surface area contributed by atoms with Crippen LogP contribution in [-0.4, -0.2) is 62.3 Å². The molecular weight excluding hydrogens is 440 g/mol. The van der Waals surface area contributed by atoms with Gasteiger partial charge in [-0.25, -0.2) is 8.42 Å². The molecule has 0 unspecified atom stereocenters. The molecule has 0 radical (unpaired) electrons. The molecule has 0 bridgehead atoms. The standard InChI is InChI=1S/C24H28N4O4S/c29-33(30,28-12-2-1-3-13-28)22-10-4-19(5-11-22)18-23-25-24(26-32-23)20-6-8-21(9-7-20)27-14-16-31-17-15-27/h4-11H,1-3,12-18H2. The molecule has 5 rings (SSSR count). The number of ether oxygens (including phenoxy) is 1. The maximum Gasteiger partial charge on any atom is 0.243 e. The van der Waals surface area contributed by atoms with Gasteiger partial charge in [0.05, 0.1) is 24.5 Å². The van der Waals surface area contributed by atoms with Gasteiger partial charge in [-0.1, -0.05) is 23.7 Å². The molecule has 33 heavy (non-hydrogen) atoms. The highest BCUT2D eigenvalue weighted by Gasteiger charge is 2.25. The monoisotopic (exact) mass is 468 g/mol. The first-order chi connectivity index (χ1) is 16.1. The number of aromatic nitrogens is 2. The molecule has 9 heteroatoms. The van der Waals surface area contributed by atoms with Gasteiger partial charge in [-0.05, 0) is 54.8 Å². The molecule has 3 heterocycles. The van der Waals surface area contributed by atoms with Crippen LogP contribution in [0.3, 0.4) is 0 Å². The SMILES string of the molecule is O=S(=O)(c1ccc(Cc2nc(-c3ccc(N4CCOCC4)cc3)no2)cc1)N1CCCCC1. The molecule has 2 aliphatic heterocycles. The van der Waals surface area contributed by atoms with Crippen LogP contribution >= 0.6 is 0 Å². The Morgan fingerprint density at radius 1 is 0.848 bits per heavy atom. The first-order valence-electron chi connectivity index (χ1n) is 11.4. The van der Waals surface area contributed by atoms with Crippen molar-refractivity contribution in [1.82, 2.24) is 14.4 Å². The van der Waals surface area contributed by atoms with Crippen LogP contribution in [0.2, 0.25) is 0 Å². The molecule has 8 nitrogen and oxygen atoms in total. The first-order valence-corrected chi connectivity index (χ1v) is 12.9. The zero-order valence-electron chi connectivity index (χ0n) is 18.5. The van der Waals surface area contributed by atoms with Gasteiger partial charge in [-0.15, -0.1) is 0 Å². The molecule has 0 spiro atoms. The van der Waals surface area contributed by atoms with E-state index in [1.165, 1.54) is 0 Å². The molecule has 0 saturated carbocycles. The van der Waals surface area contributed by atoms with E-state index in [0.29, 0.717) is 36.1 Å². The van der Waals surface area contributed by atoms with Crippen LogP contribution in [0.5, 0.6) is 0 Å². The van der Waals surface area contributed by atoms with Crippen LogP contribution in [0.4, 0.5) is 5.69 Å². The maximum atomic E-state index is 12.8. The number of benzene rings is 2. The second-order valence-corrected chi connectivity index (χ2v) is 10.4.